The summed E-state index contributed by atoms with van der Waals surface area (Å²) >= 11 is 11.5. The SMILES string of the molecule is CCOC(=O)n1c(C(F)(F)F)nc2cc(Cl)c(Cl)cc21. The van der Waals surface area contributed by atoms with Gasteiger partial charge in [0.15, 0.2) is 0 Å². The number of hydrogen-bond donors (Lipinski definition) is 0. The molecule has 0 aliphatic rings. The van der Waals surface area contributed by atoms with Crippen molar-refractivity contribution in [3.63, 3.8) is 0 Å². The van der Waals surface area contributed by atoms with Crippen LogP contribution in [0.15, 0.2) is 12.1 Å². The molecule has 20 heavy (non-hydrogen) atoms. The Bertz CT molecular complexity index is 682. The molecule has 4 nitrogen and oxygen atoms in total. The summed E-state index contributed by atoms with van der Waals surface area (Å²) in [6.45, 7) is 1.41. The summed E-state index contributed by atoms with van der Waals surface area (Å²) in [6, 6.07) is 2.29. The first-order valence-electron chi connectivity index (χ1n) is 5.37. The second-order valence-electron chi connectivity index (χ2n) is 3.72. The highest BCUT2D eigenvalue weighted by Crippen LogP contribution is 2.34. The van der Waals surface area contributed by atoms with E-state index >= 15 is 0 Å². The fourth-order valence-corrected chi connectivity index (χ4v) is 1.95. The lowest BCUT2D eigenvalue weighted by Gasteiger charge is -2.09. The van der Waals surface area contributed by atoms with Gasteiger partial charge in [-0.15, -0.1) is 0 Å². The minimum absolute atomic E-state index is 0.0124. The normalized spacial score (nSPS) is 11.9. The van der Waals surface area contributed by atoms with Crippen molar-refractivity contribution in [3.05, 3.63) is 28.0 Å². The van der Waals surface area contributed by atoms with Gasteiger partial charge in [-0.3, -0.25) is 0 Å². The Morgan fingerprint density at radius 3 is 2.50 bits per heavy atom. The molecule has 0 saturated heterocycles. The van der Waals surface area contributed by atoms with E-state index in [-0.39, 0.29) is 27.7 Å². The van der Waals surface area contributed by atoms with E-state index in [1.807, 2.05) is 0 Å². The number of halogens is 5. The Morgan fingerprint density at radius 1 is 1.35 bits per heavy atom. The summed E-state index contributed by atoms with van der Waals surface area (Å²) in [4.78, 5) is 15.1. The zero-order valence-corrected chi connectivity index (χ0v) is 11.5. The predicted molar refractivity (Wildman–Crippen MR) is 67.2 cm³/mol. The van der Waals surface area contributed by atoms with Crippen LogP contribution in [0.25, 0.3) is 11.0 Å². The Kier molecular flexibility index (Phi) is 3.84. The molecule has 1 heterocycles. The van der Waals surface area contributed by atoms with Gasteiger partial charge in [0.05, 0.1) is 27.7 Å². The highest BCUT2D eigenvalue weighted by molar-refractivity contribution is 6.42. The molecule has 1 aromatic heterocycles. The van der Waals surface area contributed by atoms with Crippen molar-refractivity contribution in [1.29, 1.82) is 0 Å². The highest BCUT2D eigenvalue weighted by atomic mass is 35.5. The number of benzene rings is 1. The van der Waals surface area contributed by atoms with Gasteiger partial charge in [0.25, 0.3) is 0 Å². The molecule has 0 unspecified atom stereocenters. The number of imidazole rings is 1. The third-order valence-corrected chi connectivity index (χ3v) is 3.12. The molecule has 0 aliphatic heterocycles. The van der Waals surface area contributed by atoms with Gasteiger partial charge in [-0.25, -0.2) is 14.3 Å². The monoisotopic (exact) mass is 326 g/mol. The lowest BCUT2D eigenvalue weighted by atomic mass is 10.3. The van der Waals surface area contributed by atoms with Crippen molar-refractivity contribution in [2.45, 2.75) is 13.1 Å². The first kappa shape index (κ1) is 14.9. The molecule has 0 saturated carbocycles. The Morgan fingerprint density at radius 2 is 1.95 bits per heavy atom. The molecule has 2 aromatic rings. The van der Waals surface area contributed by atoms with Gasteiger partial charge >= 0.3 is 12.3 Å². The maximum Gasteiger partial charge on any atom is 0.450 e. The van der Waals surface area contributed by atoms with Crippen LogP contribution in [0.5, 0.6) is 0 Å². The molecular weight excluding hydrogens is 320 g/mol. The second kappa shape index (κ2) is 5.14. The quantitative estimate of drug-likeness (QED) is 0.781. The molecular formula is C11H7Cl2F3N2O2. The number of carbonyl (C=O) groups is 1. The number of aromatic nitrogens is 2. The molecule has 0 radical (unpaired) electrons. The van der Waals surface area contributed by atoms with E-state index in [9.17, 15) is 18.0 Å². The van der Waals surface area contributed by atoms with Crippen LogP contribution in [-0.4, -0.2) is 22.3 Å². The van der Waals surface area contributed by atoms with Crippen molar-refractivity contribution in [1.82, 2.24) is 9.55 Å². The van der Waals surface area contributed by atoms with Crippen LogP contribution >= 0.6 is 23.2 Å². The van der Waals surface area contributed by atoms with Crippen molar-refractivity contribution in [2.75, 3.05) is 6.61 Å². The lowest BCUT2D eigenvalue weighted by Crippen LogP contribution is -2.22. The molecule has 0 atom stereocenters. The van der Waals surface area contributed by atoms with E-state index in [1.54, 1.807) is 0 Å². The topological polar surface area (TPSA) is 44.1 Å². The number of rotatable bonds is 1. The average Bonchev–Trinajstić information content (AvgIpc) is 2.68. The van der Waals surface area contributed by atoms with Gasteiger partial charge in [-0.05, 0) is 19.1 Å². The minimum Gasteiger partial charge on any atom is -0.449 e. The highest BCUT2D eigenvalue weighted by Gasteiger charge is 2.40. The minimum atomic E-state index is -4.81. The fourth-order valence-electron chi connectivity index (χ4n) is 1.64. The number of alkyl halides is 3. The van der Waals surface area contributed by atoms with Crippen molar-refractivity contribution in [3.8, 4) is 0 Å². The standard InChI is InChI=1S/C11H7Cl2F3N2O2/c1-2-20-10(19)18-8-4-6(13)5(12)3-7(8)17-9(18)11(14,15)16/h3-4H,2H2,1H3. The Balaban J connectivity index is 2.78. The molecule has 0 aliphatic carbocycles. The zero-order chi connectivity index (χ0) is 15.1. The molecule has 2 rings (SSSR count). The number of carbonyl (C=O) groups excluding carboxylic acids is 1. The first-order valence-corrected chi connectivity index (χ1v) is 6.13. The molecule has 9 heteroatoms. The van der Waals surface area contributed by atoms with Crippen LogP contribution < -0.4 is 0 Å². The zero-order valence-electron chi connectivity index (χ0n) is 9.96. The summed E-state index contributed by atoms with van der Waals surface area (Å²) in [5, 5.41) is 0.0553. The van der Waals surface area contributed by atoms with Crippen LogP contribution in [0, 0.1) is 0 Å². The largest absolute Gasteiger partial charge is 0.450 e. The average molecular weight is 327 g/mol. The van der Waals surface area contributed by atoms with Crippen molar-refractivity contribution >= 4 is 40.3 Å². The summed E-state index contributed by atoms with van der Waals surface area (Å²) in [7, 11) is 0. The summed E-state index contributed by atoms with van der Waals surface area (Å²) in [5.74, 6) is -1.38. The summed E-state index contributed by atoms with van der Waals surface area (Å²) < 4.78 is 43.7. The first-order chi connectivity index (χ1) is 9.25. The number of hydrogen-bond acceptors (Lipinski definition) is 3. The Labute approximate surface area is 121 Å². The number of ether oxygens (including phenoxy) is 1. The molecule has 0 N–H and O–H groups in total. The van der Waals surface area contributed by atoms with Gasteiger partial charge < -0.3 is 4.74 Å². The maximum absolute atomic E-state index is 12.9. The summed E-state index contributed by atoms with van der Waals surface area (Å²) in [5.41, 5.74) is -0.218. The van der Waals surface area contributed by atoms with Crippen molar-refractivity contribution < 1.29 is 22.7 Å². The Hall–Kier alpha value is -1.47. The van der Waals surface area contributed by atoms with E-state index < -0.39 is 18.1 Å². The summed E-state index contributed by atoms with van der Waals surface area (Å²) in [6.07, 6.45) is -5.99. The maximum atomic E-state index is 12.9. The molecule has 108 valence electrons. The number of fused-ring (bicyclic) bond motifs is 1. The third kappa shape index (κ3) is 2.55. The van der Waals surface area contributed by atoms with E-state index in [0.29, 0.717) is 4.57 Å². The van der Waals surface area contributed by atoms with Crippen LogP contribution in [-0.2, 0) is 10.9 Å². The van der Waals surface area contributed by atoms with Crippen LogP contribution in [0.2, 0.25) is 10.0 Å². The number of nitrogens with zero attached hydrogens (tertiary/aromatic N) is 2. The van der Waals surface area contributed by atoms with Crippen LogP contribution in [0.4, 0.5) is 18.0 Å². The van der Waals surface area contributed by atoms with Gasteiger partial charge in [-0.1, -0.05) is 23.2 Å². The van der Waals surface area contributed by atoms with Gasteiger partial charge in [-0.2, -0.15) is 13.2 Å². The van der Waals surface area contributed by atoms with E-state index in [0.717, 1.165) is 12.1 Å². The lowest BCUT2D eigenvalue weighted by molar-refractivity contribution is -0.146. The molecule has 0 amide bonds. The van der Waals surface area contributed by atoms with Gasteiger partial charge in [0.1, 0.15) is 0 Å². The van der Waals surface area contributed by atoms with Crippen LogP contribution in [0.1, 0.15) is 12.7 Å². The van der Waals surface area contributed by atoms with E-state index in [4.69, 9.17) is 23.2 Å². The van der Waals surface area contributed by atoms with Gasteiger partial charge in [0.2, 0.25) is 5.82 Å². The third-order valence-electron chi connectivity index (χ3n) is 2.40. The van der Waals surface area contributed by atoms with Crippen molar-refractivity contribution in [2.24, 2.45) is 0 Å². The van der Waals surface area contributed by atoms with Gasteiger partial charge in [0, 0.05) is 0 Å². The molecule has 0 fully saturated rings. The fraction of sp³-hybridized carbons (Fsp3) is 0.273. The van der Waals surface area contributed by atoms with Crippen LogP contribution in [0.3, 0.4) is 0 Å². The molecule has 0 bridgehead atoms. The molecule has 0 spiro atoms. The second-order valence-corrected chi connectivity index (χ2v) is 4.54. The molecule has 1 aromatic carbocycles. The van der Waals surface area contributed by atoms with E-state index in [2.05, 4.69) is 9.72 Å². The van der Waals surface area contributed by atoms with E-state index in [1.165, 1.54) is 6.92 Å². The smallest absolute Gasteiger partial charge is 0.449 e. The predicted octanol–water partition coefficient (Wildman–Crippen LogP) is 4.37.